The van der Waals surface area contributed by atoms with Crippen LogP contribution in [0, 0.1) is 6.92 Å². The number of rotatable bonds is 5. The Hall–Kier alpha value is -3.29. The quantitative estimate of drug-likeness (QED) is 0.781. The molecule has 5 nitrogen and oxygen atoms in total. The monoisotopic (exact) mass is 390 g/mol. The van der Waals surface area contributed by atoms with Gasteiger partial charge in [0, 0.05) is 18.3 Å². The Morgan fingerprint density at radius 2 is 1.71 bits per heavy atom. The van der Waals surface area contributed by atoms with Crippen molar-refractivity contribution in [1.82, 2.24) is 4.90 Å². The minimum absolute atomic E-state index is 0.0138. The molecular weight excluding hydrogens is 373 g/mol. The minimum atomic E-state index is -4.83. The number of amides is 2. The van der Waals surface area contributed by atoms with Crippen molar-refractivity contribution in [2.24, 2.45) is 0 Å². The lowest BCUT2D eigenvalue weighted by Crippen LogP contribution is -2.32. The Bertz CT molecular complexity index is 950. The van der Waals surface area contributed by atoms with Crippen LogP contribution in [0.3, 0.4) is 0 Å². The van der Waals surface area contributed by atoms with Crippen molar-refractivity contribution in [2.75, 3.05) is 11.9 Å². The number of anilines is 1. The highest BCUT2D eigenvalue weighted by molar-refractivity contribution is 6.36. The van der Waals surface area contributed by atoms with Crippen LogP contribution in [0.15, 0.2) is 54.2 Å². The number of hydrogen-bond donors (Lipinski definition) is 1. The lowest BCUT2D eigenvalue weighted by molar-refractivity contribution is -0.274. The van der Waals surface area contributed by atoms with Gasteiger partial charge in [-0.25, -0.2) is 0 Å². The molecule has 0 radical (unpaired) electrons. The third-order valence-electron chi connectivity index (χ3n) is 4.16. The van der Waals surface area contributed by atoms with E-state index in [1.807, 2.05) is 19.1 Å². The largest absolute Gasteiger partial charge is 0.573 e. The summed E-state index contributed by atoms with van der Waals surface area (Å²) in [7, 11) is 0. The second kappa shape index (κ2) is 7.38. The molecule has 146 valence electrons. The summed E-state index contributed by atoms with van der Waals surface area (Å²) in [4.78, 5) is 26.5. The Morgan fingerprint density at radius 1 is 1.04 bits per heavy atom. The molecule has 0 atom stereocenters. The van der Waals surface area contributed by atoms with Crippen molar-refractivity contribution < 1.29 is 27.5 Å². The highest BCUT2D eigenvalue weighted by Crippen LogP contribution is 2.32. The van der Waals surface area contributed by atoms with Crippen molar-refractivity contribution in [3.8, 4) is 5.75 Å². The molecule has 1 aliphatic heterocycles. The number of aryl methyl sites for hydroxylation is 1. The zero-order valence-corrected chi connectivity index (χ0v) is 15.1. The molecule has 0 spiro atoms. The van der Waals surface area contributed by atoms with Crippen LogP contribution in [0.4, 0.5) is 18.9 Å². The molecule has 0 aromatic heterocycles. The molecule has 0 aliphatic carbocycles. The van der Waals surface area contributed by atoms with Gasteiger partial charge in [-0.05, 0) is 31.5 Å². The van der Waals surface area contributed by atoms with Gasteiger partial charge in [0.25, 0.3) is 11.8 Å². The van der Waals surface area contributed by atoms with Gasteiger partial charge >= 0.3 is 6.36 Å². The second-order valence-electron chi connectivity index (χ2n) is 6.17. The second-order valence-corrected chi connectivity index (χ2v) is 6.17. The molecule has 2 aromatic carbocycles. The van der Waals surface area contributed by atoms with Gasteiger partial charge in [-0.2, -0.15) is 0 Å². The van der Waals surface area contributed by atoms with Crippen molar-refractivity contribution in [3.63, 3.8) is 0 Å². The number of carbonyl (C=O) groups excluding carboxylic acids is 2. The highest BCUT2D eigenvalue weighted by atomic mass is 19.4. The van der Waals surface area contributed by atoms with E-state index in [2.05, 4.69) is 10.1 Å². The van der Waals surface area contributed by atoms with Crippen LogP contribution in [0.2, 0.25) is 0 Å². The molecule has 1 aliphatic rings. The zero-order chi connectivity index (χ0) is 20.5. The first-order valence-corrected chi connectivity index (χ1v) is 8.50. The molecule has 1 N–H and O–H groups in total. The summed E-state index contributed by atoms with van der Waals surface area (Å²) >= 11 is 0. The van der Waals surface area contributed by atoms with Crippen LogP contribution in [0.1, 0.15) is 18.1 Å². The van der Waals surface area contributed by atoms with Crippen molar-refractivity contribution in [3.05, 3.63) is 65.4 Å². The van der Waals surface area contributed by atoms with E-state index >= 15 is 0 Å². The SMILES string of the molecule is CCN1C(=O)C(Nc2cccc(OC(F)(F)F)c2)=C(c2ccc(C)cc2)C1=O. The third-order valence-corrected chi connectivity index (χ3v) is 4.16. The van der Waals surface area contributed by atoms with Gasteiger partial charge in [-0.15, -0.1) is 13.2 Å². The molecular formula is C20H17F3N2O3. The summed E-state index contributed by atoms with van der Waals surface area (Å²) in [5, 5.41) is 2.79. The fraction of sp³-hybridized carbons (Fsp3) is 0.200. The van der Waals surface area contributed by atoms with Crippen molar-refractivity contribution in [1.29, 1.82) is 0 Å². The molecule has 2 amide bonds. The lowest BCUT2D eigenvalue weighted by Gasteiger charge is -2.13. The van der Waals surface area contributed by atoms with Crippen LogP contribution in [0.5, 0.6) is 5.75 Å². The number of carbonyl (C=O) groups is 2. The fourth-order valence-electron chi connectivity index (χ4n) is 2.88. The van der Waals surface area contributed by atoms with E-state index in [1.165, 1.54) is 12.1 Å². The van der Waals surface area contributed by atoms with Crippen LogP contribution in [0.25, 0.3) is 5.57 Å². The van der Waals surface area contributed by atoms with Gasteiger partial charge < -0.3 is 10.1 Å². The molecule has 28 heavy (non-hydrogen) atoms. The van der Waals surface area contributed by atoms with Gasteiger partial charge in [-0.3, -0.25) is 14.5 Å². The summed E-state index contributed by atoms with van der Waals surface area (Å²) in [5.41, 5.74) is 1.92. The molecule has 0 fully saturated rings. The number of nitrogens with one attached hydrogen (secondary N) is 1. The smallest absolute Gasteiger partial charge is 0.406 e. The summed E-state index contributed by atoms with van der Waals surface area (Å²) in [6.07, 6.45) is -4.83. The lowest BCUT2D eigenvalue weighted by atomic mass is 10.0. The van der Waals surface area contributed by atoms with Crippen molar-refractivity contribution in [2.45, 2.75) is 20.2 Å². The molecule has 0 bridgehead atoms. The van der Waals surface area contributed by atoms with Crippen LogP contribution < -0.4 is 10.1 Å². The maximum Gasteiger partial charge on any atom is 0.573 e. The summed E-state index contributed by atoms with van der Waals surface area (Å²) in [6, 6.07) is 12.2. The van der Waals surface area contributed by atoms with Crippen molar-refractivity contribution >= 4 is 23.1 Å². The average molecular weight is 390 g/mol. The van der Waals surface area contributed by atoms with E-state index in [-0.39, 0.29) is 23.5 Å². The van der Waals surface area contributed by atoms with Crippen LogP contribution >= 0.6 is 0 Å². The van der Waals surface area contributed by atoms with E-state index in [0.717, 1.165) is 22.6 Å². The number of imide groups is 1. The average Bonchev–Trinajstić information content (AvgIpc) is 2.84. The first-order valence-electron chi connectivity index (χ1n) is 8.50. The van der Waals surface area contributed by atoms with Gasteiger partial charge in [0.15, 0.2) is 0 Å². The molecule has 0 unspecified atom stereocenters. The van der Waals surface area contributed by atoms with Gasteiger partial charge in [-0.1, -0.05) is 35.9 Å². The standard InChI is InChI=1S/C20H17F3N2O3/c1-3-25-18(26)16(13-9-7-12(2)8-10-13)17(19(25)27)24-14-5-4-6-15(11-14)28-20(21,22)23/h4-11,24H,3H2,1-2H3. The van der Waals surface area contributed by atoms with E-state index in [9.17, 15) is 22.8 Å². The Balaban J connectivity index is 2.01. The van der Waals surface area contributed by atoms with E-state index < -0.39 is 23.9 Å². The Morgan fingerprint density at radius 3 is 2.32 bits per heavy atom. The zero-order valence-electron chi connectivity index (χ0n) is 15.1. The number of alkyl halides is 3. The molecule has 8 heteroatoms. The Kier molecular flexibility index (Phi) is 5.13. The molecule has 3 rings (SSSR count). The number of benzene rings is 2. The minimum Gasteiger partial charge on any atom is -0.406 e. The molecule has 1 heterocycles. The Labute approximate surface area is 159 Å². The number of likely N-dealkylation sites (N-methyl/N-ethyl adjacent to an activating group) is 1. The van der Waals surface area contributed by atoms with Gasteiger partial charge in [0.05, 0.1) is 5.57 Å². The number of halogens is 3. The third kappa shape index (κ3) is 4.00. The first kappa shape index (κ1) is 19.5. The van der Waals surface area contributed by atoms with Gasteiger partial charge in [0.1, 0.15) is 11.4 Å². The maximum atomic E-state index is 12.7. The number of hydrogen-bond acceptors (Lipinski definition) is 4. The number of nitrogens with zero attached hydrogens (tertiary/aromatic N) is 1. The predicted octanol–water partition coefficient (Wildman–Crippen LogP) is 4.11. The normalized spacial score (nSPS) is 14.7. The maximum absolute atomic E-state index is 12.7. The van der Waals surface area contributed by atoms with E-state index in [0.29, 0.717) is 5.56 Å². The molecule has 0 saturated heterocycles. The molecule has 2 aromatic rings. The fourth-order valence-corrected chi connectivity index (χ4v) is 2.88. The van der Waals surface area contributed by atoms with Gasteiger partial charge in [0.2, 0.25) is 0 Å². The van der Waals surface area contributed by atoms with E-state index in [1.54, 1.807) is 19.1 Å². The van der Waals surface area contributed by atoms with E-state index in [4.69, 9.17) is 0 Å². The summed E-state index contributed by atoms with van der Waals surface area (Å²) in [5.74, 6) is -1.43. The molecule has 0 saturated carbocycles. The first-order chi connectivity index (χ1) is 13.2. The highest BCUT2D eigenvalue weighted by Gasteiger charge is 2.38. The summed E-state index contributed by atoms with van der Waals surface area (Å²) < 4.78 is 41.2. The number of ether oxygens (including phenoxy) is 1. The van der Waals surface area contributed by atoms with Crippen LogP contribution in [-0.2, 0) is 9.59 Å². The topological polar surface area (TPSA) is 58.6 Å². The summed E-state index contributed by atoms with van der Waals surface area (Å²) in [6.45, 7) is 3.74. The van der Waals surface area contributed by atoms with Crippen LogP contribution in [-0.4, -0.2) is 29.6 Å². The predicted molar refractivity (Wildman–Crippen MR) is 97.2 cm³/mol.